The fraction of sp³-hybridized carbons (Fsp3) is 0.500. The molecule has 74 heavy (non-hydrogen) atoms. The van der Waals surface area contributed by atoms with Crippen LogP contribution in [0.1, 0.15) is 99.6 Å². The molecule has 18 nitrogen and oxygen atoms in total. The number of azide groups is 1. The molecule has 0 aromatic heterocycles. The van der Waals surface area contributed by atoms with E-state index in [9.17, 15) is 24.0 Å². The number of urea groups is 2. The predicted octanol–water partition coefficient (Wildman–Crippen LogP) is 6.74. The van der Waals surface area contributed by atoms with E-state index in [4.69, 9.17) is 19.7 Å². The average Bonchev–Trinajstić information content (AvgIpc) is 4.15. The highest BCUT2D eigenvalue weighted by molar-refractivity contribution is 8.00. The number of anilines is 1. The minimum absolute atomic E-state index is 0. The third kappa shape index (κ3) is 19.5. The number of carbonyl (C=O) groups is 5. The van der Waals surface area contributed by atoms with Gasteiger partial charge in [0.2, 0.25) is 17.7 Å². The van der Waals surface area contributed by atoms with Crippen molar-refractivity contribution in [3.05, 3.63) is 111 Å². The first-order valence-electron chi connectivity index (χ1n) is 24.5. The molecule has 3 aromatic rings. The molecule has 396 valence electrons. The molecular weight excluding hydrogens is 981 g/mol. The van der Waals surface area contributed by atoms with Crippen molar-refractivity contribution in [3.8, 4) is 23.7 Å². The lowest BCUT2D eigenvalue weighted by Crippen LogP contribution is -2.36. The third-order valence-corrected chi connectivity index (χ3v) is 15.3. The van der Waals surface area contributed by atoms with Gasteiger partial charge in [-0.2, -0.15) is 23.5 Å². The summed E-state index contributed by atoms with van der Waals surface area (Å²) in [7, 11) is 0. The van der Waals surface area contributed by atoms with Crippen molar-refractivity contribution in [1.29, 1.82) is 0 Å². The van der Waals surface area contributed by atoms with Crippen LogP contribution in [0.5, 0.6) is 0 Å². The maximum atomic E-state index is 12.7. The number of ether oxygens (including phenoxy) is 3. The average molecular weight is 1050 g/mol. The van der Waals surface area contributed by atoms with Gasteiger partial charge in [0.25, 0.3) is 0 Å². The Balaban J connectivity index is 0.00000507. The summed E-state index contributed by atoms with van der Waals surface area (Å²) in [6.45, 7) is 2.41. The van der Waals surface area contributed by atoms with E-state index < -0.39 is 0 Å². The van der Waals surface area contributed by atoms with Crippen LogP contribution in [-0.4, -0.2) is 122 Å². The highest BCUT2D eigenvalue weighted by Crippen LogP contribution is 2.34. The van der Waals surface area contributed by atoms with Crippen LogP contribution in [0.15, 0.2) is 71.8 Å². The Morgan fingerprint density at radius 1 is 0.622 bits per heavy atom. The van der Waals surface area contributed by atoms with Crippen LogP contribution in [0, 0.1) is 23.7 Å². The van der Waals surface area contributed by atoms with E-state index in [-0.39, 0.29) is 88.6 Å². The second-order valence-electron chi connectivity index (χ2n) is 17.8. The second kappa shape index (κ2) is 31.4. The van der Waals surface area contributed by atoms with Crippen molar-refractivity contribution >= 4 is 59.0 Å². The van der Waals surface area contributed by atoms with E-state index in [1.54, 1.807) is 12.1 Å². The molecule has 4 saturated heterocycles. The summed E-state index contributed by atoms with van der Waals surface area (Å²) in [4.78, 5) is 63.3. The van der Waals surface area contributed by atoms with Crippen LogP contribution < -0.4 is 37.2 Å². The zero-order valence-corrected chi connectivity index (χ0v) is 41.8. The van der Waals surface area contributed by atoms with E-state index in [1.165, 1.54) is 0 Å². The number of amides is 7. The number of rotatable bonds is 26. The number of nitrogens with one attached hydrogen (secondary N) is 7. The molecule has 7 amide bonds. The van der Waals surface area contributed by atoms with Crippen molar-refractivity contribution in [2.24, 2.45) is 5.11 Å². The standard InChI is InChI=1S/C52H62N10O8S2.2CH4/c53-62-56-23-26-70-32-48(65)57-41-28-39(19-13-35-9-15-37(16-10-35)30-68-24-21-54-46(63)7-3-1-5-44-49-42(33-71-44)58-51(66)60-49)27-40(29-41)20-14-36-11-17-38(18-12-36)31-69-25-22-55-47(64)8-4-2-6-45-50-43(34-72-45)59-52(67)61-50;;/h9-12,15-18,27-29,42-45,49-50H,1-8,21-26,30-34H2,(H,54,63)(H,55,64)(H,57,65)(H2,58,60,66)(H2,59,61,67);2*1H4. The molecule has 4 fully saturated rings. The molecule has 6 atom stereocenters. The summed E-state index contributed by atoms with van der Waals surface area (Å²) in [6.07, 6.45) is 6.38. The van der Waals surface area contributed by atoms with Gasteiger partial charge in [-0.15, -0.1) is 0 Å². The Bertz CT molecular complexity index is 2370. The number of thioether (sulfide) groups is 2. The van der Waals surface area contributed by atoms with Crippen molar-refractivity contribution in [2.45, 2.75) is 114 Å². The minimum atomic E-state index is -0.383. The van der Waals surface area contributed by atoms with Crippen LogP contribution >= 0.6 is 23.5 Å². The number of hydrogen-bond donors (Lipinski definition) is 7. The molecule has 7 rings (SSSR count). The highest BCUT2D eigenvalue weighted by Gasteiger charge is 2.43. The van der Waals surface area contributed by atoms with Crippen LogP contribution in [-0.2, 0) is 41.8 Å². The van der Waals surface area contributed by atoms with Gasteiger partial charge in [-0.3, -0.25) is 14.4 Å². The maximum absolute atomic E-state index is 12.7. The zero-order chi connectivity index (χ0) is 50.3. The first-order chi connectivity index (χ1) is 35.2. The lowest BCUT2D eigenvalue weighted by molar-refractivity contribution is -0.122. The van der Waals surface area contributed by atoms with Crippen LogP contribution in [0.3, 0.4) is 0 Å². The summed E-state index contributed by atoms with van der Waals surface area (Å²) in [5.41, 5.74) is 13.7. The molecule has 0 radical (unpaired) electrons. The summed E-state index contributed by atoms with van der Waals surface area (Å²) >= 11 is 3.77. The van der Waals surface area contributed by atoms with Gasteiger partial charge in [0.15, 0.2) is 0 Å². The van der Waals surface area contributed by atoms with Gasteiger partial charge in [-0.1, -0.05) is 80.8 Å². The van der Waals surface area contributed by atoms with E-state index in [0.717, 1.165) is 72.3 Å². The normalized spacial score (nSPS) is 19.6. The lowest BCUT2D eigenvalue weighted by Gasteiger charge is -2.16. The van der Waals surface area contributed by atoms with Crippen molar-refractivity contribution in [2.75, 3.05) is 62.9 Å². The van der Waals surface area contributed by atoms with Gasteiger partial charge in [-0.25, -0.2) is 9.59 Å². The smallest absolute Gasteiger partial charge is 0.315 e. The SMILES string of the molecule is C.C.[N-]=[N+]=NCCOCC(=O)Nc1cc(C#Cc2ccc(COCCNC(=O)CCCCC3SCC4NC(=O)NC43)cc2)cc(C#Cc2ccc(COCCNC(=O)CCCCC3SCC4NC(=O)NC43)cc2)c1. The van der Waals surface area contributed by atoms with Crippen LogP contribution in [0.4, 0.5) is 15.3 Å². The largest absolute Gasteiger partial charge is 0.375 e. The van der Waals surface area contributed by atoms with E-state index in [1.807, 2.05) is 78.1 Å². The van der Waals surface area contributed by atoms with Crippen LogP contribution in [0.25, 0.3) is 10.4 Å². The fourth-order valence-electron chi connectivity index (χ4n) is 8.64. The molecule has 4 aliphatic rings. The molecule has 7 N–H and O–H groups in total. The van der Waals surface area contributed by atoms with Crippen molar-refractivity contribution < 1.29 is 38.2 Å². The Hall–Kier alpha value is -6.38. The monoisotopic (exact) mass is 1050 g/mol. The summed E-state index contributed by atoms with van der Waals surface area (Å²) in [5.74, 6) is 14.3. The van der Waals surface area contributed by atoms with Crippen LogP contribution in [0.2, 0.25) is 0 Å². The summed E-state index contributed by atoms with van der Waals surface area (Å²) < 4.78 is 16.9. The molecule has 6 unspecified atom stereocenters. The quantitative estimate of drug-likeness (QED) is 0.0111. The lowest BCUT2D eigenvalue weighted by atomic mass is 10.0. The van der Waals surface area contributed by atoms with Crippen molar-refractivity contribution in [1.82, 2.24) is 31.9 Å². The highest BCUT2D eigenvalue weighted by atomic mass is 32.2. The first-order valence-corrected chi connectivity index (χ1v) is 26.6. The Morgan fingerprint density at radius 2 is 1.09 bits per heavy atom. The number of nitrogens with zero attached hydrogens (tertiary/aromatic N) is 3. The number of fused-ring (bicyclic) bond motifs is 2. The maximum Gasteiger partial charge on any atom is 0.315 e. The number of unbranched alkanes of at least 4 members (excludes halogenated alkanes) is 2. The summed E-state index contributed by atoms with van der Waals surface area (Å²) in [6, 6.07) is 21.4. The van der Waals surface area contributed by atoms with Crippen molar-refractivity contribution in [3.63, 3.8) is 0 Å². The molecule has 0 spiro atoms. The minimum Gasteiger partial charge on any atom is -0.375 e. The third-order valence-electron chi connectivity index (χ3n) is 12.3. The van der Waals surface area contributed by atoms with E-state index in [2.05, 4.69) is 70.9 Å². The number of carbonyl (C=O) groups excluding carboxylic acids is 5. The van der Waals surface area contributed by atoms with Gasteiger partial charge in [0, 0.05) is 87.3 Å². The molecular formula is C54H70N10O8S2. The van der Waals surface area contributed by atoms with Gasteiger partial charge in [-0.05, 0) is 84.8 Å². The molecule has 20 heteroatoms. The molecule has 3 aromatic carbocycles. The first kappa shape index (κ1) is 58.5. The van der Waals surface area contributed by atoms with Gasteiger partial charge < -0.3 is 51.4 Å². The fourth-order valence-corrected chi connectivity index (χ4v) is 11.7. The second-order valence-corrected chi connectivity index (χ2v) is 20.3. The molecule has 0 bridgehead atoms. The molecule has 0 saturated carbocycles. The van der Waals surface area contributed by atoms with Gasteiger partial charge >= 0.3 is 12.1 Å². The Morgan fingerprint density at radius 3 is 1.57 bits per heavy atom. The zero-order valence-electron chi connectivity index (χ0n) is 40.2. The summed E-state index contributed by atoms with van der Waals surface area (Å²) in [5, 5.41) is 24.9. The van der Waals surface area contributed by atoms with E-state index >= 15 is 0 Å². The predicted molar refractivity (Wildman–Crippen MR) is 291 cm³/mol. The Labute approximate surface area is 443 Å². The number of hydrogen-bond acceptors (Lipinski definition) is 11. The molecule has 0 aliphatic carbocycles. The number of benzene rings is 3. The topological polar surface area (TPSA) is 246 Å². The van der Waals surface area contributed by atoms with E-state index in [0.29, 0.717) is 79.7 Å². The van der Waals surface area contributed by atoms with Gasteiger partial charge in [0.05, 0.1) is 57.2 Å². The molecule has 4 heterocycles. The van der Waals surface area contributed by atoms with Gasteiger partial charge in [0.1, 0.15) is 6.61 Å². The Kier molecular flexibility index (Phi) is 24.8. The molecule has 4 aliphatic heterocycles.